The summed E-state index contributed by atoms with van der Waals surface area (Å²) in [6.07, 6.45) is 0. The minimum absolute atomic E-state index is 0.648. The highest BCUT2D eigenvalue weighted by Gasteiger charge is 2.06. The van der Waals surface area contributed by atoms with E-state index in [-0.39, 0.29) is 0 Å². The van der Waals surface area contributed by atoms with Crippen molar-refractivity contribution in [1.82, 2.24) is 0 Å². The Morgan fingerprint density at radius 3 is 3.20 bits per heavy atom. The van der Waals surface area contributed by atoms with E-state index in [4.69, 9.17) is 4.74 Å². The van der Waals surface area contributed by atoms with Crippen LogP contribution in [0.3, 0.4) is 0 Å². The fourth-order valence-electron chi connectivity index (χ4n) is 1.44. The first-order valence-electron chi connectivity index (χ1n) is 4.90. The molecule has 0 spiro atoms. The highest BCUT2D eigenvalue weighted by Crippen LogP contribution is 2.17. The van der Waals surface area contributed by atoms with Gasteiger partial charge in [-0.2, -0.15) is 0 Å². The lowest BCUT2D eigenvalue weighted by Crippen LogP contribution is -2.05. The number of thioether (sulfide) groups is 1. The first-order chi connectivity index (χ1) is 7.38. The molecule has 1 aliphatic rings. The van der Waals surface area contributed by atoms with Gasteiger partial charge in [-0.3, -0.25) is 4.99 Å². The van der Waals surface area contributed by atoms with Crippen molar-refractivity contribution < 1.29 is 4.74 Å². The van der Waals surface area contributed by atoms with Crippen LogP contribution >= 0.6 is 11.8 Å². The van der Waals surface area contributed by atoms with Gasteiger partial charge in [0.15, 0.2) is 5.17 Å². The molecule has 1 aromatic carbocycles. The van der Waals surface area contributed by atoms with E-state index in [0.29, 0.717) is 6.61 Å². The van der Waals surface area contributed by atoms with Crippen molar-refractivity contribution in [2.24, 2.45) is 4.99 Å². The van der Waals surface area contributed by atoms with Gasteiger partial charge < -0.3 is 10.1 Å². The van der Waals surface area contributed by atoms with Crippen LogP contribution in [-0.4, -0.2) is 24.6 Å². The molecule has 0 bridgehead atoms. The number of rotatable bonds is 3. The molecule has 1 aromatic rings. The monoisotopic (exact) mass is 222 g/mol. The maximum atomic E-state index is 5.09. The molecule has 0 aromatic heterocycles. The van der Waals surface area contributed by atoms with Gasteiger partial charge in [0.05, 0.1) is 13.2 Å². The molecule has 0 atom stereocenters. The number of aliphatic imine (C=N–C) groups is 1. The van der Waals surface area contributed by atoms with E-state index in [1.807, 2.05) is 12.1 Å². The minimum Gasteiger partial charge on any atom is -0.380 e. The zero-order valence-corrected chi connectivity index (χ0v) is 9.51. The Labute approximate surface area is 93.9 Å². The van der Waals surface area contributed by atoms with E-state index in [1.54, 1.807) is 18.9 Å². The van der Waals surface area contributed by atoms with Crippen LogP contribution in [0.25, 0.3) is 0 Å². The summed E-state index contributed by atoms with van der Waals surface area (Å²) in [5.74, 6) is 1.08. The number of nitrogens with one attached hydrogen (secondary N) is 1. The molecule has 0 saturated heterocycles. The van der Waals surface area contributed by atoms with Crippen LogP contribution in [0.5, 0.6) is 0 Å². The van der Waals surface area contributed by atoms with Gasteiger partial charge in [0.1, 0.15) is 0 Å². The maximum absolute atomic E-state index is 5.09. The Morgan fingerprint density at radius 1 is 1.53 bits per heavy atom. The number of anilines is 1. The van der Waals surface area contributed by atoms with Crippen LogP contribution in [-0.2, 0) is 11.3 Å². The molecule has 3 nitrogen and oxygen atoms in total. The fraction of sp³-hybridized carbons (Fsp3) is 0.364. The van der Waals surface area contributed by atoms with Gasteiger partial charge in [-0.05, 0) is 17.7 Å². The predicted molar refractivity (Wildman–Crippen MR) is 65.5 cm³/mol. The summed E-state index contributed by atoms with van der Waals surface area (Å²) in [6, 6.07) is 8.21. The molecule has 0 unspecified atom stereocenters. The fourth-order valence-corrected chi connectivity index (χ4v) is 2.19. The van der Waals surface area contributed by atoms with Crippen molar-refractivity contribution in [2.75, 3.05) is 24.7 Å². The van der Waals surface area contributed by atoms with Crippen LogP contribution < -0.4 is 5.32 Å². The predicted octanol–water partition coefficient (Wildman–Crippen LogP) is 2.35. The summed E-state index contributed by atoms with van der Waals surface area (Å²) in [6.45, 7) is 1.57. The maximum Gasteiger partial charge on any atom is 0.161 e. The zero-order valence-electron chi connectivity index (χ0n) is 8.69. The van der Waals surface area contributed by atoms with Crippen LogP contribution in [0.15, 0.2) is 29.3 Å². The van der Waals surface area contributed by atoms with E-state index in [1.165, 1.54) is 5.56 Å². The molecule has 0 fully saturated rings. The van der Waals surface area contributed by atoms with Crippen LogP contribution in [0.1, 0.15) is 5.56 Å². The molecular formula is C11H14N2OS. The molecular weight excluding hydrogens is 208 g/mol. The molecule has 1 heterocycles. The second-order valence-electron chi connectivity index (χ2n) is 3.29. The quantitative estimate of drug-likeness (QED) is 0.852. The Hall–Kier alpha value is -1.00. The Balaban J connectivity index is 2.04. The average molecular weight is 222 g/mol. The number of nitrogens with zero attached hydrogens (tertiary/aromatic N) is 1. The molecule has 80 valence electrons. The van der Waals surface area contributed by atoms with Gasteiger partial charge in [-0.15, -0.1) is 0 Å². The summed E-state index contributed by atoms with van der Waals surface area (Å²) < 4.78 is 5.09. The van der Waals surface area contributed by atoms with Crippen molar-refractivity contribution in [3.63, 3.8) is 0 Å². The number of methoxy groups -OCH3 is 1. The Morgan fingerprint density at radius 2 is 2.47 bits per heavy atom. The second-order valence-corrected chi connectivity index (χ2v) is 4.38. The van der Waals surface area contributed by atoms with Crippen molar-refractivity contribution in [2.45, 2.75) is 6.61 Å². The second kappa shape index (κ2) is 5.19. The van der Waals surface area contributed by atoms with Crippen molar-refractivity contribution in [3.05, 3.63) is 29.8 Å². The molecule has 4 heteroatoms. The molecule has 0 amide bonds. The standard InChI is InChI=1S/C11H14N2OS/c1-14-8-9-3-2-4-10(7-9)13-11-12-5-6-15-11/h2-4,7H,5-6,8H2,1H3,(H,12,13). The van der Waals surface area contributed by atoms with Gasteiger partial charge in [-0.25, -0.2) is 0 Å². The van der Waals surface area contributed by atoms with Crippen LogP contribution in [0.4, 0.5) is 5.69 Å². The van der Waals surface area contributed by atoms with Gasteiger partial charge in [0.2, 0.25) is 0 Å². The Bertz CT molecular complexity index is 365. The zero-order chi connectivity index (χ0) is 10.5. The number of amidine groups is 1. The normalized spacial score (nSPS) is 15.1. The average Bonchev–Trinajstić information content (AvgIpc) is 2.71. The van der Waals surface area contributed by atoms with E-state index in [0.717, 1.165) is 23.2 Å². The topological polar surface area (TPSA) is 33.6 Å². The largest absolute Gasteiger partial charge is 0.380 e. The minimum atomic E-state index is 0.648. The molecule has 1 aliphatic heterocycles. The van der Waals surface area contributed by atoms with Crippen molar-refractivity contribution >= 4 is 22.6 Å². The summed E-state index contributed by atoms with van der Waals surface area (Å²) in [4.78, 5) is 4.34. The molecule has 1 N–H and O–H groups in total. The molecule has 15 heavy (non-hydrogen) atoms. The lowest BCUT2D eigenvalue weighted by molar-refractivity contribution is 0.185. The Kier molecular flexibility index (Phi) is 3.64. The third-order valence-corrected chi connectivity index (χ3v) is 2.97. The van der Waals surface area contributed by atoms with E-state index in [9.17, 15) is 0 Å². The third kappa shape index (κ3) is 2.97. The summed E-state index contributed by atoms with van der Waals surface area (Å²) in [5.41, 5.74) is 2.25. The first kappa shape index (κ1) is 10.5. The molecule has 0 aliphatic carbocycles. The smallest absolute Gasteiger partial charge is 0.161 e. The lowest BCUT2D eigenvalue weighted by Gasteiger charge is -2.06. The van der Waals surface area contributed by atoms with Gasteiger partial charge in [-0.1, -0.05) is 23.9 Å². The first-order valence-corrected chi connectivity index (χ1v) is 5.89. The van der Waals surface area contributed by atoms with Crippen LogP contribution in [0, 0.1) is 0 Å². The van der Waals surface area contributed by atoms with E-state index >= 15 is 0 Å². The highest BCUT2D eigenvalue weighted by molar-refractivity contribution is 8.14. The number of hydrogen-bond acceptors (Lipinski definition) is 4. The van der Waals surface area contributed by atoms with Gasteiger partial charge in [0, 0.05) is 18.6 Å². The summed E-state index contributed by atoms with van der Waals surface area (Å²) in [7, 11) is 1.71. The molecule has 0 saturated carbocycles. The molecule has 2 rings (SSSR count). The van der Waals surface area contributed by atoms with Crippen LogP contribution in [0.2, 0.25) is 0 Å². The van der Waals surface area contributed by atoms with Gasteiger partial charge in [0.25, 0.3) is 0 Å². The summed E-state index contributed by atoms with van der Waals surface area (Å²) in [5, 5.41) is 4.32. The number of benzene rings is 1. The number of hydrogen-bond donors (Lipinski definition) is 1. The van der Waals surface area contributed by atoms with E-state index in [2.05, 4.69) is 22.4 Å². The van der Waals surface area contributed by atoms with Crippen molar-refractivity contribution in [1.29, 1.82) is 0 Å². The SMILES string of the molecule is COCc1cccc(NC2=NCCS2)c1. The summed E-state index contributed by atoms with van der Waals surface area (Å²) >= 11 is 1.76. The van der Waals surface area contributed by atoms with Gasteiger partial charge >= 0.3 is 0 Å². The molecule has 0 radical (unpaired) electrons. The highest BCUT2D eigenvalue weighted by atomic mass is 32.2. The lowest BCUT2D eigenvalue weighted by atomic mass is 10.2. The van der Waals surface area contributed by atoms with E-state index < -0.39 is 0 Å². The van der Waals surface area contributed by atoms with Crippen molar-refractivity contribution in [3.8, 4) is 0 Å². The third-order valence-electron chi connectivity index (χ3n) is 2.07. The number of ether oxygens (including phenoxy) is 1.